The van der Waals surface area contributed by atoms with E-state index in [2.05, 4.69) is 14.7 Å². The van der Waals surface area contributed by atoms with Crippen molar-refractivity contribution in [3.8, 4) is 0 Å². The summed E-state index contributed by atoms with van der Waals surface area (Å²) in [5, 5.41) is 0. The van der Waals surface area contributed by atoms with Gasteiger partial charge >= 0.3 is 0 Å². The Morgan fingerprint density at radius 1 is 0.645 bits per heavy atom. The van der Waals surface area contributed by atoms with Crippen LogP contribution in [0.15, 0.2) is 24.3 Å². The van der Waals surface area contributed by atoms with Gasteiger partial charge in [-0.15, -0.1) is 0 Å². The molecule has 3 fully saturated rings. The van der Waals surface area contributed by atoms with E-state index in [1.807, 2.05) is 9.80 Å². The van der Waals surface area contributed by atoms with Gasteiger partial charge in [0, 0.05) is 71.1 Å². The van der Waals surface area contributed by atoms with Crippen LogP contribution in [0.3, 0.4) is 0 Å². The molecule has 0 aliphatic carbocycles. The van der Waals surface area contributed by atoms with Crippen LogP contribution >= 0.6 is 0 Å². The molecule has 4 rings (SSSR count). The number of anilines is 1. The van der Waals surface area contributed by atoms with E-state index in [-0.39, 0.29) is 17.6 Å². The molecule has 0 atom stereocenters. The van der Waals surface area contributed by atoms with Crippen LogP contribution in [0.4, 0.5) is 10.1 Å². The maximum Gasteiger partial charge on any atom is 0.236 e. The van der Waals surface area contributed by atoms with Gasteiger partial charge < -0.3 is 14.7 Å². The van der Waals surface area contributed by atoms with E-state index >= 15 is 0 Å². The van der Waals surface area contributed by atoms with Crippen LogP contribution in [0.2, 0.25) is 0 Å². The van der Waals surface area contributed by atoms with Crippen molar-refractivity contribution >= 4 is 17.5 Å². The number of likely N-dealkylation sites (tertiary alicyclic amines) is 1. The summed E-state index contributed by atoms with van der Waals surface area (Å²) in [5.41, 5.74) is 1.00. The van der Waals surface area contributed by atoms with E-state index in [0.29, 0.717) is 26.2 Å². The third kappa shape index (κ3) is 5.95. The molecular weight excluding hydrogens is 397 g/mol. The highest BCUT2D eigenvalue weighted by Gasteiger charge is 2.26. The van der Waals surface area contributed by atoms with Gasteiger partial charge in [0.05, 0.1) is 13.1 Å². The number of amides is 2. The smallest absolute Gasteiger partial charge is 0.236 e. The van der Waals surface area contributed by atoms with E-state index in [1.165, 1.54) is 18.6 Å². The first-order chi connectivity index (χ1) is 15.1. The van der Waals surface area contributed by atoms with E-state index in [1.54, 1.807) is 12.1 Å². The Balaban J connectivity index is 1.16. The minimum atomic E-state index is -0.228. The van der Waals surface area contributed by atoms with Crippen LogP contribution in [0, 0.1) is 5.82 Å². The summed E-state index contributed by atoms with van der Waals surface area (Å²) >= 11 is 0. The molecule has 2 amide bonds. The molecule has 3 aliphatic rings. The summed E-state index contributed by atoms with van der Waals surface area (Å²) in [7, 11) is 0. The predicted molar refractivity (Wildman–Crippen MR) is 119 cm³/mol. The summed E-state index contributed by atoms with van der Waals surface area (Å²) in [6.45, 7) is 9.02. The number of halogens is 1. The van der Waals surface area contributed by atoms with Gasteiger partial charge in [0.25, 0.3) is 0 Å². The zero-order valence-corrected chi connectivity index (χ0v) is 18.3. The van der Waals surface area contributed by atoms with Gasteiger partial charge in [-0.05, 0) is 43.5 Å². The normalized spacial score (nSPS) is 21.4. The number of hydrogen-bond donors (Lipinski definition) is 0. The second kappa shape index (κ2) is 10.4. The van der Waals surface area contributed by atoms with Gasteiger partial charge in [-0.3, -0.25) is 19.4 Å². The van der Waals surface area contributed by atoms with Gasteiger partial charge in [0.1, 0.15) is 5.82 Å². The Kier molecular flexibility index (Phi) is 7.40. The van der Waals surface area contributed by atoms with Crippen LogP contribution < -0.4 is 4.90 Å². The fraction of sp³-hybridized carbons (Fsp3) is 0.652. The van der Waals surface area contributed by atoms with Crippen molar-refractivity contribution in [2.45, 2.75) is 19.3 Å². The van der Waals surface area contributed by atoms with Gasteiger partial charge in [-0.25, -0.2) is 4.39 Å². The second-order valence-corrected chi connectivity index (χ2v) is 8.84. The highest BCUT2D eigenvalue weighted by atomic mass is 19.1. The standard InChI is InChI=1S/C23H34FN5O2/c24-20-4-6-21(7-5-20)27-14-16-29(17-15-27)23(31)19-26-12-10-25(11-13-26)18-22(30)28-8-2-1-3-9-28/h4-7H,1-3,8-19H2. The molecular formula is C23H34FN5O2. The maximum atomic E-state index is 13.1. The zero-order chi connectivity index (χ0) is 21.6. The molecule has 0 N–H and O–H groups in total. The number of carbonyl (C=O) groups excluding carboxylic acids is 2. The molecule has 170 valence electrons. The number of benzene rings is 1. The molecule has 8 heteroatoms. The Labute approximate surface area is 184 Å². The predicted octanol–water partition coefficient (Wildman–Crippen LogP) is 1.10. The third-order valence-corrected chi connectivity index (χ3v) is 6.72. The molecule has 31 heavy (non-hydrogen) atoms. The highest BCUT2D eigenvalue weighted by Crippen LogP contribution is 2.17. The molecule has 0 radical (unpaired) electrons. The third-order valence-electron chi connectivity index (χ3n) is 6.72. The largest absolute Gasteiger partial charge is 0.368 e. The van der Waals surface area contributed by atoms with Crippen LogP contribution in [-0.4, -0.2) is 110 Å². The summed E-state index contributed by atoms with van der Waals surface area (Å²) in [4.78, 5) is 35.8. The van der Waals surface area contributed by atoms with Gasteiger partial charge in [-0.1, -0.05) is 0 Å². The molecule has 0 unspecified atom stereocenters. The van der Waals surface area contributed by atoms with Crippen LogP contribution in [0.1, 0.15) is 19.3 Å². The lowest BCUT2D eigenvalue weighted by molar-refractivity contribution is -0.135. The molecule has 7 nitrogen and oxygen atoms in total. The monoisotopic (exact) mass is 431 g/mol. The average Bonchev–Trinajstić information content (AvgIpc) is 2.81. The molecule has 0 bridgehead atoms. The first kappa shape index (κ1) is 22.0. The zero-order valence-electron chi connectivity index (χ0n) is 18.3. The summed E-state index contributed by atoms with van der Waals surface area (Å²) < 4.78 is 13.1. The molecule has 0 aromatic heterocycles. The number of piperidine rings is 1. The summed E-state index contributed by atoms with van der Waals surface area (Å²) in [6, 6.07) is 6.55. The van der Waals surface area contributed by atoms with Gasteiger partial charge in [-0.2, -0.15) is 0 Å². The lowest BCUT2D eigenvalue weighted by Crippen LogP contribution is -2.54. The Hall–Kier alpha value is -2.19. The van der Waals surface area contributed by atoms with Gasteiger partial charge in [0.2, 0.25) is 11.8 Å². The molecule has 0 spiro atoms. The minimum Gasteiger partial charge on any atom is -0.368 e. The number of carbonyl (C=O) groups is 2. The highest BCUT2D eigenvalue weighted by molar-refractivity contribution is 5.79. The van der Waals surface area contributed by atoms with E-state index in [4.69, 9.17) is 0 Å². The van der Waals surface area contributed by atoms with Gasteiger partial charge in [0.15, 0.2) is 0 Å². The first-order valence-electron chi connectivity index (χ1n) is 11.6. The molecule has 1 aromatic rings. The van der Waals surface area contributed by atoms with Crippen molar-refractivity contribution in [2.24, 2.45) is 0 Å². The molecule has 3 heterocycles. The molecule has 3 saturated heterocycles. The number of hydrogen-bond acceptors (Lipinski definition) is 5. The summed E-state index contributed by atoms with van der Waals surface area (Å²) in [5.74, 6) is 0.202. The van der Waals surface area contributed by atoms with Crippen LogP contribution in [-0.2, 0) is 9.59 Å². The first-order valence-corrected chi connectivity index (χ1v) is 11.6. The van der Waals surface area contributed by atoms with E-state index in [9.17, 15) is 14.0 Å². The number of nitrogens with zero attached hydrogens (tertiary/aromatic N) is 5. The van der Waals surface area contributed by atoms with Crippen molar-refractivity contribution in [1.29, 1.82) is 0 Å². The fourth-order valence-corrected chi connectivity index (χ4v) is 4.70. The van der Waals surface area contributed by atoms with Crippen LogP contribution in [0.5, 0.6) is 0 Å². The number of rotatable bonds is 5. The molecule has 0 saturated carbocycles. The Morgan fingerprint density at radius 3 is 1.65 bits per heavy atom. The van der Waals surface area contributed by atoms with Crippen molar-refractivity contribution < 1.29 is 14.0 Å². The molecule has 1 aromatic carbocycles. The number of piperazine rings is 2. The quantitative estimate of drug-likeness (QED) is 0.699. The van der Waals surface area contributed by atoms with E-state index in [0.717, 1.165) is 70.9 Å². The van der Waals surface area contributed by atoms with Crippen LogP contribution in [0.25, 0.3) is 0 Å². The Bertz CT molecular complexity index is 737. The van der Waals surface area contributed by atoms with Crippen molar-refractivity contribution in [1.82, 2.24) is 19.6 Å². The fourth-order valence-electron chi connectivity index (χ4n) is 4.70. The van der Waals surface area contributed by atoms with Crippen molar-refractivity contribution in [3.63, 3.8) is 0 Å². The van der Waals surface area contributed by atoms with E-state index < -0.39 is 0 Å². The lowest BCUT2D eigenvalue weighted by Gasteiger charge is -2.39. The second-order valence-electron chi connectivity index (χ2n) is 8.84. The topological polar surface area (TPSA) is 50.3 Å². The minimum absolute atomic E-state index is 0.177. The maximum absolute atomic E-state index is 13.1. The summed E-state index contributed by atoms with van der Waals surface area (Å²) in [6.07, 6.45) is 3.48. The molecule has 3 aliphatic heterocycles. The van der Waals surface area contributed by atoms with Crippen molar-refractivity contribution in [3.05, 3.63) is 30.1 Å². The SMILES string of the molecule is O=C(CN1CCN(CC(=O)N2CCN(c3ccc(F)cc3)CC2)CC1)N1CCCCC1. The van der Waals surface area contributed by atoms with Crippen molar-refractivity contribution in [2.75, 3.05) is 83.4 Å². The average molecular weight is 432 g/mol. The lowest BCUT2D eigenvalue weighted by atomic mass is 10.1. The Morgan fingerprint density at radius 2 is 1.13 bits per heavy atom.